The largest absolute Gasteiger partial charge is 0.308 e. The molecular weight excluding hydrogens is 624 g/mol. The number of aryl methyl sites for hydroxylation is 2. The molecule has 238 valence electrons. The molecule has 10 heteroatoms. The van der Waals surface area contributed by atoms with E-state index in [0.29, 0.717) is 45.8 Å². The third kappa shape index (κ3) is 4.65. The summed E-state index contributed by atoms with van der Waals surface area (Å²) < 4.78 is 2.04. The number of amides is 2. The molecule has 9 rings (SSSR count). The van der Waals surface area contributed by atoms with Crippen molar-refractivity contribution in [3.05, 3.63) is 145 Å². The third-order valence-electron chi connectivity index (χ3n) is 9.03. The van der Waals surface area contributed by atoms with Crippen LogP contribution in [0.3, 0.4) is 0 Å². The minimum absolute atomic E-state index is 0.345. The van der Waals surface area contributed by atoms with Crippen molar-refractivity contribution in [2.75, 3.05) is 4.90 Å². The Morgan fingerprint density at radius 1 is 0.520 bits per heavy atom. The summed E-state index contributed by atoms with van der Waals surface area (Å²) in [5.41, 5.74) is 7.19. The minimum Gasteiger partial charge on any atom is -0.308 e. The number of anilines is 1. The predicted molar refractivity (Wildman–Crippen MR) is 191 cm³/mol. The SMILES string of the molecule is Cc1ncnc(-c2ccc3c(c2)c2cc(-c4ncnc(C)n4)ccc2n3-c2cccc3c2C(=O)N(c2ccc(-c4ccccc4)cc2)C3=O)n1. The highest BCUT2D eigenvalue weighted by Gasteiger charge is 2.39. The summed E-state index contributed by atoms with van der Waals surface area (Å²) >= 11 is 0. The Kier molecular flexibility index (Phi) is 6.63. The van der Waals surface area contributed by atoms with Crippen molar-refractivity contribution in [2.45, 2.75) is 13.8 Å². The molecular formula is C40H26N8O2. The molecule has 0 fully saturated rings. The van der Waals surface area contributed by atoms with Crippen LogP contribution in [0.5, 0.6) is 0 Å². The highest BCUT2D eigenvalue weighted by atomic mass is 16.2. The van der Waals surface area contributed by atoms with E-state index < -0.39 is 0 Å². The van der Waals surface area contributed by atoms with Crippen molar-refractivity contribution in [3.8, 4) is 39.6 Å². The molecule has 1 aliphatic rings. The molecule has 0 atom stereocenters. The number of imide groups is 1. The zero-order chi connectivity index (χ0) is 33.9. The van der Waals surface area contributed by atoms with E-state index in [9.17, 15) is 9.59 Å². The third-order valence-corrected chi connectivity index (χ3v) is 9.03. The molecule has 0 radical (unpaired) electrons. The lowest BCUT2D eigenvalue weighted by Gasteiger charge is -2.15. The first-order valence-electron chi connectivity index (χ1n) is 16.0. The van der Waals surface area contributed by atoms with Gasteiger partial charge in [0.2, 0.25) is 0 Å². The summed E-state index contributed by atoms with van der Waals surface area (Å²) in [4.78, 5) is 55.8. The van der Waals surface area contributed by atoms with Crippen LogP contribution in [0.1, 0.15) is 32.4 Å². The lowest BCUT2D eigenvalue weighted by atomic mass is 10.1. The number of hydrogen-bond donors (Lipinski definition) is 0. The van der Waals surface area contributed by atoms with Crippen LogP contribution in [0.25, 0.3) is 61.4 Å². The molecule has 8 aromatic rings. The van der Waals surface area contributed by atoms with E-state index in [1.807, 2.05) is 122 Å². The van der Waals surface area contributed by atoms with Gasteiger partial charge in [-0.15, -0.1) is 0 Å². The Hall–Kier alpha value is -6.94. The average molecular weight is 651 g/mol. The lowest BCUT2D eigenvalue weighted by Crippen LogP contribution is -2.29. The molecule has 50 heavy (non-hydrogen) atoms. The van der Waals surface area contributed by atoms with Gasteiger partial charge in [0.25, 0.3) is 11.8 Å². The quantitative estimate of drug-likeness (QED) is 0.175. The van der Waals surface area contributed by atoms with E-state index in [1.54, 1.807) is 6.07 Å². The zero-order valence-corrected chi connectivity index (χ0v) is 26.9. The highest BCUT2D eigenvalue weighted by Crippen LogP contribution is 2.40. The second-order valence-electron chi connectivity index (χ2n) is 12.1. The smallest absolute Gasteiger partial charge is 0.268 e. The van der Waals surface area contributed by atoms with Gasteiger partial charge in [-0.05, 0) is 85.6 Å². The fourth-order valence-electron chi connectivity index (χ4n) is 6.72. The van der Waals surface area contributed by atoms with Gasteiger partial charge in [-0.2, -0.15) is 0 Å². The minimum atomic E-state index is -0.377. The highest BCUT2D eigenvalue weighted by molar-refractivity contribution is 6.35. The molecule has 0 spiro atoms. The van der Waals surface area contributed by atoms with Crippen LogP contribution in [-0.2, 0) is 0 Å². The lowest BCUT2D eigenvalue weighted by molar-refractivity contribution is 0.0926. The van der Waals surface area contributed by atoms with Crippen LogP contribution in [-0.4, -0.2) is 46.3 Å². The number of fused-ring (bicyclic) bond motifs is 4. The molecule has 1 aliphatic heterocycles. The van der Waals surface area contributed by atoms with Crippen molar-refractivity contribution in [1.82, 2.24) is 34.5 Å². The average Bonchev–Trinajstić information content (AvgIpc) is 3.61. The maximum atomic E-state index is 14.3. The predicted octanol–water partition coefficient (Wildman–Crippen LogP) is 7.57. The Labute approximate surface area is 285 Å². The van der Waals surface area contributed by atoms with Crippen molar-refractivity contribution in [2.24, 2.45) is 0 Å². The molecule has 5 aromatic carbocycles. The van der Waals surface area contributed by atoms with E-state index in [4.69, 9.17) is 0 Å². The number of benzene rings is 5. The van der Waals surface area contributed by atoms with Gasteiger partial charge < -0.3 is 4.57 Å². The van der Waals surface area contributed by atoms with Crippen molar-refractivity contribution in [1.29, 1.82) is 0 Å². The van der Waals surface area contributed by atoms with Gasteiger partial charge in [0.15, 0.2) is 11.6 Å². The number of nitrogens with zero attached hydrogens (tertiary/aromatic N) is 8. The normalized spacial score (nSPS) is 12.6. The monoisotopic (exact) mass is 650 g/mol. The number of rotatable bonds is 5. The molecule has 0 saturated carbocycles. The number of aromatic nitrogens is 7. The first-order chi connectivity index (χ1) is 24.4. The maximum absolute atomic E-state index is 14.3. The second kappa shape index (κ2) is 11.3. The number of hydrogen-bond acceptors (Lipinski definition) is 8. The summed E-state index contributed by atoms with van der Waals surface area (Å²) in [6.07, 6.45) is 3.01. The van der Waals surface area contributed by atoms with Gasteiger partial charge in [-0.1, -0.05) is 48.5 Å². The molecule has 2 amide bonds. The van der Waals surface area contributed by atoms with Crippen molar-refractivity contribution in [3.63, 3.8) is 0 Å². The van der Waals surface area contributed by atoms with Crippen LogP contribution in [0, 0.1) is 13.8 Å². The Balaban J connectivity index is 1.22. The van der Waals surface area contributed by atoms with Crippen LogP contribution in [0.4, 0.5) is 5.69 Å². The van der Waals surface area contributed by atoms with Crippen molar-refractivity contribution >= 4 is 39.3 Å². The molecule has 0 aliphatic carbocycles. The molecule has 4 heterocycles. The van der Waals surface area contributed by atoms with Gasteiger partial charge in [-0.25, -0.2) is 34.8 Å². The van der Waals surface area contributed by atoms with Crippen LogP contribution >= 0.6 is 0 Å². The fraction of sp³-hybridized carbons (Fsp3) is 0.0500. The van der Waals surface area contributed by atoms with Crippen molar-refractivity contribution < 1.29 is 9.59 Å². The van der Waals surface area contributed by atoms with Crippen LogP contribution < -0.4 is 4.90 Å². The van der Waals surface area contributed by atoms with Crippen LogP contribution in [0.2, 0.25) is 0 Å². The molecule has 0 saturated heterocycles. The summed E-state index contributed by atoms with van der Waals surface area (Å²) in [5, 5.41) is 1.82. The van der Waals surface area contributed by atoms with Gasteiger partial charge in [0, 0.05) is 21.9 Å². The summed E-state index contributed by atoms with van der Waals surface area (Å²) in [6, 6.07) is 34.9. The summed E-state index contributed by atoms with van der Waals surface area (Å²) in [7, 11) is 0. The number of carbonyl (C=O) groups is 2. The van der Waals surface area contributed by atoms with E-state index in [-0.39, 0.29) is 11.8 Å². The topological polar surface area (TPSA) is 120 Å². The second-order valence-corrected chi connectivity index (χ2v) is 12.1. The van der Waals surface area contributed by atoms with E-state index >= 15 is 0 Å². The standard InChI is InChI=1S/C40H26N8O2/c1-23-41-21-43-37(45-23)27-13-17-33-31(19-27)32-20-28(38-44-22-42-24(2)46-38)14-18-34(32)48(33)35-10-6-9-30-36(35)40(50)47(39(30)49)29-15-11-26(12-16-29)25-7-4-3-5-8-25/h3-22H,1-2H3. The first kappa shape index (κ1) is 29.2. The van der Waals surface area contributed by atoms with Gasteiger partial charge in [0.1, 0.15) is 24.3 Å². The Morgan fingerprint density at radius 3 is 1.66 bits per heavy atom. The Bertz CT molecular complexity index is 2570. The molecule has 3 aromatic heterocycles. The first-order valence-corrected chi connectivity index (χ1v) is 16.0. The van der Waals surface area contributed by atoms with Crippen LogP contribution in [0.15, 0.2) is 122 Å². The van der Waals surface area contributed by atoms with E-state index in [2.05, 4.69) is 29.9 Å². The molecule has 0 unspecified atom stereocenters. The van der Waals surface area contributed by atoms with E-state index in [0.717, 1.165) is 44.1 Å². The Morgan fingerprint density at radius 2 is 1.08 bits per heavy atom. The van der Waals surface area contributed by atoms with E-state index in [1.165, 1.54) is 17.6 Å². The number of carbonyl (C=O) groups excluding carboxylic acids is 2. The summed E-state index contributed by atoms with van der Waals surface area (Å²) in [5.74, 6) is 1.61. The molecule has 0 bridgehead atoms. The van der Waals surface area contributed by atoms with Gasteiger partial charge >= 0.3 is 0 Å². The zero-order valence-electron chi connectivity index (χ0n) is 26.9. The molecule has 10 nitrogen and oxygen atoms in total. The molecule has 0 N–H and O–H groups in total. The summed E-state index contributed by atoms with van der Waals surface area (Å²) in [6.45, 7) is 3.65. The maximum Gasteiger partial charge on any atom is 0.268 e. The fourth-order valence-corrected chi connectivity index (χ4v) is 6.72. The van der Waals surface area contributed by atoms with Gasteiger partial charge in [-0.3, -0.25) is 9.59 Å². The van der Waals surface area contributed by atoms with Gasteiger partial charge in [0.05, 0.1) is 33.5 Å².